The molecule has 0 N–H and O–H groups in total. The van der Waals surface area contributed by atoms with Crippen molar-refractivity contribution >= 4 is 14.1 Å². The van der Waals surface area contributed by atoms with E-state index in [0.717, 1.165) is 0 Å². The van der Waals surface area contributed by atoms with Gasteiger partial charge < -0.3 is 0 Å². The molecule has 0 radical (unpaired) electrons. The monoisotopic (exact) mass is 238 g/mol. The van der Waals surface area contributed by atoms with Crippen molar-refractivity contribution in [2.24, 2.45) is 0 Å². The maximum atomic E-state index is 2.50. The zero-order chi connectivity index (χ0) is 11.9. The van der Waals surface area contributed by atoms with E-state index in [4.69, 9.17) is 0 Å². The van der Waals surface area contributed by atoms with Gasteiger partial charge in [0.05, 0.1) is 8.07 Å². The Balaban J connectivity index is 1.93. The van der Waals surface area contributed by atoms with E-state index in [1.807, 2.05) is 0 Å². The Morgan fingerprint density at radius 2 is 1.76 bits per heavy atom. The highest BCUT2D eigenvalue weighted by Gasteiger charge is 2.35. The fourth-order valence-corrected chi connectivity index (χ4v) is 5.61. The Labute approximate surface area is 104 Å². The molecule has 2 aliphatic carbocycles. The van der Waals surface area contributed by atoms with Crippen LogP contribution in [0.5, 0.6) is 0 Å². The molecule has 86 valence electrons. The first-order valence-corrected chi connectivity index (χ1v) is 9.39. The van der Waals surface area contributed by atoms with Crippen LogP contribution >= 0.6 is 0 Å². The molecule has 1 aromatic rings. The van der Waals surface area contributed by atoms with Crippen molar-refractivity contribution in [3.8, 4) is 0 Å². The molecule has 0 saturated carbocycles. The number of hydrogen-bond acceptors (Lipinski definition) is 0. The maximum Gasteiger partial charge on any atom is 0.0865 e. The van der Waals surface area contributed by atoms with Crippen LogP contribution in [0.4, 0.5) is 0 Å². The molecule has 0 aliphatic heterocycles. The molecule has 0 unspecified atom stereocenters. The van der Waals surface area contributed by atoms with Gasteiger partial charge in [0.15, 0.2) is 0 Å². The van der Waals surface area contributed by atoms with Crippen LogP contribution in [-0.4, -0.2) is 8.07 Å². The Bertz CT molecular complexity index is 520. The van der Waals surface area contributed by atoms with E-state index in [2.05, 4.69) is 67.7 Å². The van der Waals surface area contributed by atoms with Gasteiger partial charge in [0.2, 0.25) is 0 Å². The molecular formula is C16H18Si. The second-order valence-electron chi connectivity index (χ2n) is 5.56. The normalized spacial score (nSPS) is 18.6. The van der Waals surface area contributed by atoms with Gasteiger partial charge in [-0.05, 0) is 23.1 Å². The third-order valence-corrected chi connectivity index (χ3v) is 8.20. The number of rotatable bonds is 2. The van der Waals surface area contributed by atoms with Gasteiger partial charge in [0, 0.05) is 0 Å². The molecular weight excluding hydrogens is 220 g/mol. The summed E-state index contributed by atoms with van der Waals surface area (Å²) < 4.78 is 0. The van der Waals surface area contributed by atoms with E-state index in [1.165, 1.54) is 17.5 Å². The summed E-state index contributed by atoms with van der Waals surface area (Å²) >= 11 is 0. The molecule has 1 heteroatoms. The third-order valence-electron chi connectivity index (χ3n) is 4.17. The SMILES string of the molecule is C[Si](C)(C1=Cc2ccccc2C1)C1C=CC=C1. The van der Waals surface area contributed by atoms with Gasteiger partial charge in [0.25, 0.3) is 0 Å². The third kappa shape index (κ3) is 1.75. The highest BCUT2D eigenvalue weighted by atomic mass is 28.3. The molecule has 1 aromatic carbocycles. The van der Waals surface area contributed by atoms with Crippen LogP contribution < -0.4 is 0 Å². The fourth-order valence-electron chi connectivity index (χ4n) is 2.82. The summed E-state index contributed by atoms with van der Waals surface area (Å²) in [6.07, 6.45) is 12.8. The number of benzene rings is 1. The lowest BCUT2D eigenvalue weighted by atomic mass is 10.1. The minimum absolute atomic E-state index is 0.683. The average molecular weight is 238 g/mol. The molecule has 0 aromatic heterocycles. The summed E-state index contributed by atoms with van der Waals surface area (Å²) in [6, 6.07) is 8.80. The fraction of sp³-hybridized carbons (Fsp3) is 0.250. The summed E-state index contributed by atoms with van der Waals surface area (Å²) in [4.78, 5) is 0. The molecule has 0 fully saturated rings. The second-order valence-corrected chi connectivity index (χ2v) is 10.3. The molecule has 0 nitrogen and oxygen atoms in total. The van der Waals surface area contributed by atoms with E-state index < -0.39 is 8.07 Å². The molecule has 0 atom stereocenters. The minimum atomic E-state index is -1.35. The summed E-state index contributed by atoms with van der Waals surface area (Å²) in [7, 11) is -1.35. The Morgan fingerprint density at radius 1 is 1.06 bits per heavy atom. The Kier molecular flexibility index (Phi) is 2.44. The van der Waals surface area contributed by atoms with Crippen LogP contribution in [-0.2, 0) is 6.42 Å². The lowest BCUT2D eigenvalue weighted by Crippen LogP contribution is -2.33. The molecule has 0 spiro atoms. The summed E-state index contributed by atoms with van der Waals surface area (Å²) in [5.41, 5.74) is 3.63. The van der Waals surface area contributed by atoms with Crippen LogP contribution in [0.25, 0.3) is 6.08 Å². The maximum absolute atomic E-state index is 2.50. The van der Waals surface area contributed by atoms with Gasteiger partial charge in [-0.25, -0.2) is 0 Å². The number of hydrogen-bond donors (Lipinski definition) is 0. The molecule has 0 saturated heterocycles. The zero-order valence-corrected chi connectivity index (χ0v) is 11.5. The highest BCUT2D eigenvalue weighted by molar-refractivity contribution is 6.87. The highest BCUT2D eigenvalue weighted by Crippen LogP contribution is 2.39. The van der Waals surface area contributed by atoms with Gasteiger partial charge in [-0.3, -0.25) is 0 Å². The largest absolute Gasteiger partial charge is 0.0865 e. The first-order chi connectivity index (χ1) is 8.18. The van der Waals surface area contributed by atoms with Crippen LogP contribution in [0, 0.1) is 0 Å². The average Bonchev–Trinajstić information content (AvgIpc) is 2.98. The van der Waals surface area contributed by atoms with Crippen LogP contribution in [0.15, 0.2) is 53.8 Å². The van der Waals surface area contributed by atoms with Crippen molar-refractivity contribution in [1.82, 2.24) is 0 Å². The van der Waals surface area contributed by atoms with E-state index in [9.17, 15) is 0 Å². The van der Waals surface area contributed by atoms with Crippen molar-refractivity contribution in [3.63, 3.8) is 0 Å². The van der Waals surface area contributed by atoms with Crippen molar-refractivity contribution in [2.75, 3.05) is 0 Å². The zero-order valence-electron chi connectivity index (χ0n) is 10.5. The topological polar surface area (TPSA) is 0 Å². The van der Waals surface area contributed by atoms with Crippen molar-refractivity contribution in [1.29, 1.82) is 0 Å². The predicted octanol–water partition coefficient (Wildman–Crippen LogP) is 4.37. The Hall–Kier alpha value is -1.34. The molecule has 3 rings (SSSR count). The van der Waals surface area contributed by atoms with E-state index in [0.29, 0.717) is 5.54 Å². The van der Waals surface area contributed by atoms with Gasteiger partial charge in [-0.1, -0.05) is 72.9 Å². The van der Waals surface area contributed by atoms with Crippen molar-refractivity contribution in [3.05, 3.63) is 64.9 Å². The molecule has 0 amide bonds. The summed E-state index contributed by atoms with van der Waals surface area (Å²) in [5, 5.41) is 1.69. The first kappa shape index (κ1) is 10.8. The summed E-state index contributed by atoms with van der Waals surface area (Å²) in [5.74, 6) is 0. The van der Waals surface area contributed by atoms with Crippen molar-refractivity contribution in [2.45, 2.75) is 25.1 Å². The predicted molar refractivity (Wildman–Crippen MR) is 77.6 cm³/mol. The quantitative estimate of drug-likeness (QED) is 0.671. The lowest BCUT2D eigenvalue weighted by Gasteiger charge is -2.29. The standard InChI is InChI=1S/C16H18Si/c1-17(2,15-9-5-6-10-15)16-11-13-7-3-4-8-14(13)12-16/h3-11,15H,12H2,1-2H3. The Morgan fingerprint density at radius 3 is 2.47 bits per heavy atom. The van der Waals surface area contributed by atoms with Gasteiger partial charge in [-0.2, -0.15) is 0 Å². The first-order valence-electron chi connectivity index (χ1n) is 6.32. The van der Waals surface area contributed by atoms with Gasteiger partial charge in [-0.15, -0.1) is 0 Å². The molecule has 17 heavy (non-hydrogen) atoms. The smallest absolute Gasteiger partial charge is 0.0800 e. The van der Waals surface area contributed by atoms with Crippen LogP contribution in [0.3, 0.4) is 0 Å². The van der Waals surface area contributed by atoms with E-state index >= 15 is 0 Å². The lowest BCUT2D eigenvalue weighted by molar-refractivity contribution is 1.21. The summed E-state index contributed by atoms with van der Waals surface area (Å²) in [6.45, 7) is 4.99. The van der Waals surface area contributed by atoms with E-state index in [-0.39, 0.29) is 0 Å². The van der Waals surface area contributed by atoms with Crippen LogP contribution in [0.1, 0.15) is 11.1 Å². The van der Waals surface area contributed by atoms with E-state index in [1.54, 1.807) is 5.20 Å². The van der Waals surface area contributed by atoms with Gasteiger partial charge >= 0.3 is 0 Å². The number of fused-ring (bicyclic) bond motifs is 1. The van der Waals surface area contributed by atoms with Gasteiger partial charge in [0.1, 0.15) is 0 Å². The molecule has 2 aliphatic rings. The molecule has 0 bridgehead atoms. The second kappa shape index (κ2) is 3.85. The van der Waals surface area contributed by atoms with Crippen LogP contribution in [0.2, 0.25) is 18.6 Å². The van der Waals surface area contributed by atoms with Crippen molar-refractivity contribution < 1.29 is 0 Å². The molecule has 0 heterocycles. The number of allylic oxidation sites excluding steroid dienone is 5. The minimum Gasteiger partial charge on any atom is -0.0800 e.